The topological polar surface area (TPSA) is 47.3 Å². The second-order valence-electron chi connectivity index (χ2n) is 6.41. The van der Waals surface area contributed by atoms with E-state index >= 15 is 0 Å². The van der Waals surface area contributed by atoms with Gasteiger partial charge in [-0.15, -0.1) is 0 Å². The second kappa shape index (κ2) is 5.38. The van der Waals surface area contributed by atoms with Crippen LogP contribution in [0.25, 0.3) is 0 Å². The van der Waals surface area contributed by atoms with Crippen molar-refractivity contribution in [3.8, 4) is 6.07 Å². The first-order chi connectivity index (χ1) is 9.76. The Morgan fingerprint density at radius 1 is 1.38 bits per heavy atom. The number of rotatable bonds is 3. The monoisotopic (exact) mass is 282 g/mol. The molecular formula is C18H22N2O. The molecule has 0 saturated carbocycles. The van der Waals surface area contributed by atoms with Crippen LogP contribution in [0.2, 0.25) is 0 Å². The summed E-state index contributed by atoms with van der Waals surface area (Å²) in [6.07, 6.45) is 6.19. The summed E-state index contributed by atoms with van der Waals surface area (Å²) in [6, 6.07) is 9.85. The Kier molecular flexibility index (Phi) is 3.93. The zero-order valence-corrected chi connectivity index (χ0v) is 13.1. The maximum absolute atomic E-state index is 10.2. The molecule has 1 aliphatic rings. The van der Waals surface area contributed by atoms with Crippen molar-refractivity contribution in [1.82, 2.24) is 4.90 Å². The van der Waals surface area contributed by atoms with Crippen molar-refractivity contribution in [1.29, 1.82) is 5.26 Å². The standard InChI is InChI=1S/C18H22N2O/c1-14-7-6-10-18(4,20(14)13-17(2,3)21)16-9-5-8-15(11-16)12-19/h5-11,21H,13H2,1-4H3. The van der Waals surface area contributed by atoms with E-state index in [0.29, 0.717) is 12.1 Å². The van der Waals surface area contributed by atoms with Crippen LogP contribution in [-0.2, 0) is 5.54 Å². The summed E-state index contributed by atoms with van der Waals surface area (Å²) in [5.41, 5.74) is 1.64. The van der Waals surface area contributed by atoms with E-state index in [1.165, 1.54) is 0 Å². The number of benzene rings is 1. The lowest BCUT2D eigenvalue weighted by atomic mass is 9.85. The van der Waals surface area contributed by atoms with Crippen LogP contribution in [0.4, 0.5) is 0 Å². The smallest absolute Gasteiger partial charge is 0.0991 e. The van der Waals surface area contributed by atoms with Crippen molar-refractivity contribution in [2.24, 2.45) is 0 Å². The first kappa shape index (κ1) is 15.3. The molecule has 0 fully saturated rings. The summed E-state index contributed by atoms with van der Waals surface area (Å²) in [7, 11) is 0. The predicted molar refractivity (Wildman–Crippen MR) is 84.4 cm³/mol. The Labute approximate surface area is 126 Å². The van der Waals surface area contributed by atoms with E-state index < -0.39 is 5.60 Å². The third kappa shape index (κ3) is 3.17. The number of allylic oxidation sites excluding steroid dienone is 3. The summed E-state index contributed by atoms with van der Waals surface area (Å²) >= 11 is 0. The molecule has 3 nitrogen and oxygen atoms in total. The third-order valence-electron chi connectivity index (χ3n) is 3.87. The minimum Gasteiger partial charge on any atom is -0.389 e. The van der Waals surface area contributed by atoms with Gasteiger partial charge in [-0.2, -0.15) is 5.26 Å². The lowest BCUT2D eigenvalue weighted by Gasteiger charge is -2.46. The molecule has 0 radical (unpaired) electrons. The molecule has 1 atom stereocenters. The first-order valence-corrected chi connectivity index (χ1v) is 7.13. The molecule has 1 heterocycles. The molecular weight excluding hydrogens is 260 g/mol. The highest BCUT2D eigenvalue weighted by atomic mass is 16.3. The molecule has 21 heavy (non-hydrogen) atoms. The summed E-state index contributed by atoms with van der Waals surface area (Å²) in [4.78, 5) is 2.18. The number of hydrogen-bond acceptors (Lipinski definition) is 3. The Bertz CT molecular complexity index is 631. The highest BCUT2D eigenvalue weighted by molar-refractivity contribution is 5.41. The first-order valence-electron chi connectivity index (χ1n) is 7.13. The van der Waals surface area contributed by atoms with E-state index in [9.17, 15) is 5.11 Å². The molecule has 0 aromatic heterocycles. The Hall–Kier alpha value is -2.05. The molecule has 1 N–H and O–H groups in total. The fraction of sp³-hybridized carbons (Fsp3) is 0.389. The van der Waals surface area contributed by atoms with E-state index in [2.05, 4.69) is 24.0 Å². The molecule has 1 aromatic carbocycles. The molecule has 1 aliphatic heterocycles. The van der Waals surface area contributed by atoms with Gasteiger partial charge in [0.05, 0.1) is 22.8 Å². The van der Waals surface area contributed by atoms with E-state index in [0.717, 1.165) is 11.3 Å². The third-order valence-corrected chi connectivity index (χ3v) is 3.87. The second-order valence-corrected chi connectivity index (χ2v) is 6.41. The van der Waals surface area contributed by atoms with Gasteiger partial charge >= 0.3 is 0 Å². The minimum absolute atomic E-state index is 0.369. The molecule has 3 heteroatoms. The van der Waals surface area contributed by atoms with Crippen LogP contribution in [-0.4, -0.2) is 22.2 Å². The van der Waals surface area contributed by atoms with Crippen LogP contribution in [0.5, 0.6) is 0 Å². The van der Waals surface area contributed by atoms with Gasteiger partial charge in [-0.3, -0.25) is 0 Å². The summed E-state index contributed by atoms with van der Waals surface area (Å²) in [6.45, 7) is 8.30. The van der Waals surface area contributed by atoms with Gasteiger partial charge in [0.1, 0.15) is 0 Å². The Morgan fingerprint density at radius 2 is 2.10 bits per heavy atom. The summed E-state index contributed by atoms with van der Waals surface area (Å²) in [5.74, 6) is 0. The van der Waals surface area contributed by atoms with Crippen LogP contribution in [0.15, 0.2) is 48.2 Å². The van der Waals surface area contributed by atoms with Gasteiger partial charge < -0.3 is 10.0 Å². The molecule has 1 aromatic rings. The van der Waals surface area contributed by atoms with Crippen LogP contribution in [0.3, 0.4) is 0 Å². The number of nitriles is 1. The summed E-state index contributed by atoms with van der Waals surface area (Å²) in [5, 5.41) is 19.3. The fourth-order valence-corrected chi connectivity index (χ4v) is 2.75. The van der Waals surface area contributed by atoms with Crippen LogP contribution in [0.1, 0.15) is 38.8 Å². The van der Waals surface area contributed by atoms with Crippen molar-refractivity contribution in [3.63, 3.8) is 0 Å². The molecule has 2 rings (SSSR count). The maximum Gasteiger partial charge on any atom is 0.0991 e. The number of hydrogen-bond donors (Lipinski definition) is 1. The van der Waals surface area contributed by atoms with E-state index in [-0.39, 0.29) is 5.54 Å². The quantitative estimate of drug-likeness (QED) is 0.925. The zero-order chi connectivity index (χ0) is 15.7. The SMILES string of the molecule is CC1=CC=CC(C)(c2cccc(C#N)c2)N1CC(C)(C)O. The van der Waals surface area contributed by atoms with Gasteiger partial charge in [-0.05, 0) is 51.5 Å². The van der Waals surface area contributed by atoms with Crippen molar-refractivity contribution in [3.05, 3.63) is 59.3 Å². The van der Waals surface area contributed by atoms with Crippen molar-refractivity contribution >= 4 is 0 Å². The zero-order valence-electron chi connectivity index (χ0n) is 13.1. The van der Waals surface area contributed by atoms with Crippen molar-refractivity contribution in [2.75, 3.05) is 6.54 Å². The Morgan fingerprint density at radius 3 is 2.71 bits per heavy atom. The van der Waals surface area contributed by atoms with Gasteiger partial charge in [0.15, 0.2) is 0 Å². The summed E-state index contributed by atoms with van der Waals surface area (Å²) < 4.78 is 0. The van der Waals surface area contributed by atoms with E-state index in [1.807, 2.05) is 57.2 Å². The highest BCUT2D eigenvalue weighted by Gasteiger charge is 2.35. The lowest BCUT2D eigenvalue weighted by molar-refractivity contribution is 0.0209. The molecule has 0 aliphatic carbocycles. The van der Waals surface area contributed by atoms with Crippen LogP contribution < -0.4 is 0 Å². The molecule has 0 bridgehead atoms. The number of nitrogens with zero attached hydrogens (tertiary/aromatic N) is 2. The highest BCUT2D eigenvalue weighted by Crippen LogP contribution is 2.36. The van der Waals surface area contributed by atoms with Crippen molar-refractivity contribution < 1.29 is 5.11 Å². The molecule has 0 amide bonds. The number of aliphatic hydroxyl groups is 1. The van der Waals surface area contributed by atoms with E-state index in [1.54, 1.807) is 0 Å². The molecule has 110 valence electrons. The van der Waals surface area contributed by atoms with Gasteiger partial charge in [0.2, 0.25) is 0 Å². The normalized spacial score (nSPS) is 21.9. The Balaban J connectivity index is 2.48. The lowest BCUT2D eigenvalue weighted by Crippen LogP contribution is -2.49. The van der Waals surface area contributed by atoms with E-state index in [4.69, 9.17) is 5.26 Å². The molecule has 1 unspecified atom stereocenters. The average molecular weight is 282 g/mol. The van der Waals surface area contributed by atoms with Gasteiger partial charge in [0, 0.05) is 12.2 Å². The average Bonchev–Trinajstić information content (AvgIpc) is 2.42. The molecule has 0 spiro atoms. The minimum atomic E-state index is -0.797. The maximum atomic E-state index is 10.2. The van der Waals surface area contributed by atoms with Crippen LogP contribution in [0, 0.1) is 11.3 Å². The van der Waals surface area contributed by atoms with Gasteiger partial charge in [0.25, 0.3) is 0 Å². The fourth-order valence-electron chi connectivity index (χ4n) is 2.75. The predicted octanol–water partition coefficient (Wildman–Crippen LogP) is 3.32. The number of β-amino-alcohol motifs (C(OH)–C–C–N with tert-alkyl or cyclic N) is 1. The van der Waals surface area contributed by atoms with Gasteiger partial charge in [-0.25, -0.2) is 0 Å². The molecule has 0 saturated heterocycles. The van der Waals surface area contributed by atoms with Crippen molar-refractivity contribution in [2.45, 2.75) is 38.8 Å². The van der Waals surface area contributed by atoms with Crippen LogP contribution >= 0.6 is 0 Å². The van der Waals surface area contributed by atoms with Gasteiger partial charge in [-0.1, -0.05) is 24.3 Å². The largest absolute Gasteiger partial charge is 0.389 e.